The molecule has 0 aliphatic rings. The molecule has 0 fully saturated rings. The van der Waals surface area contributed by atoms with Crippen LogP contribution < -0.4 is 5.32 Å². The summed E-state index contributed by atoms with van der Waals surface area (Å²) in [6.07, 6.45) is 0.149. The van der Waals surface area contributed by atoms with Crippen molar-refractivity contribution >= 4 is 52.3 Å². The zero-order valence-corrected chi connectivity index (χ0v) is 15.7. The first kappa shape index (κ1) is 18.8. The van der Waals surface area contributed by atoms with E-state index in [2.05, 4.69) is 10.3 Å². The highest BCUT2D eigenvalue weighted by Gasteiger charge is 2.11. The molecular weight excluding hydrogens is 368 g/mol. The monoisotopic (exact) mass is 384 g/mol. The Kier molecular flexibility index (Phi) is 7.08. The van der Waals surface area contributed by atoms with Gasteiger partial charge in [-0.25, -0.2) is 4.98 Å². The molecule has 1 heterocycles. The van der Waals surface area contributed by atoms with E-state index in [0.29, 0.717) is 23.0 Å². The molecular formula is C16H17ClN2O3S2. The van der Waals surface area contributed by atoms with Crippen LogP contribution >= 0.6 is 34.7 Å². The molecule has 128 valence electrons. The van der Waals surface area contributed by atoms with Crippen molar-refractivity contribution in [3.05, 3.63) is 39.9 Å². The number of nitrogens with zero attached hydrogens (tertiary/aromatic N) is 1. The molecule has 24 heavy (non-hydrogen) atoms. The molecule has 2 aromatic rings. The number of aryl methyl sites for hydroxylation is 1. The van der Waals surface area contributed by atoms with E-state index in [0.717, 1.165) is 9.90 Å². The second kappa shape index (κ2) is 9.05. The lowest BCUT2D eigenvalue weighted by atomic mass is 10.2. The SMILES string of the molecule is CCOC(=O)Cc1csc(SCC(=O)Nc2ccc(C)cc2Cl)n1. The first-order chi connectivity index (χ1) is 11.5. The topological polar surface area (TPSA) is 68.3 Å². The van der Waals surface area contributed by atoms with Crippen molar-refractivity contribution in [3.8, 4) is 0 Å². The average molecular weight is 385 g/mol. The van der Waals surface area contributed by atoms with E-state index in [9.17, 15) is 9.59 Å². The summed E-state index contributed by atoms with van der Waals surface area (Å²) in [5.41, 5.74) is 2.28. The van der Waals surface area contributed by atoms with Crippen molar-refractivity contribution < 1.29 is 14.3 Å². The van der Waals surface area contributed by atoms with Gasteiger partial charge >= 0.3 is 5.97 Å². The molecule has 0 saturated carbocycles. The number of anilines is 1. The largest absolute Gasteiger partial charge is 0.466 e. The molecule has 0 bridgehead atoms. The molecule has 1 amide bonds. The van der Waals surface area contributed by atoms with Crippen molar-refractivity contribution in [2.75, 3.05) is 17.7 Å². The van der Waals surface area contributed by atoms with Gasteiger partial charge in [0.15, 0.2) is 4.34 Å². The van der Waals surface area contributed by atoms with E-state index in [4.69, 9.17) is 16.3 Å². The maximum Gasteiger partial charge on any atom is 0.311 e. The van der Waals surface area contributed by atoms with Crippen molar-refractivity contribution in [2.45, 2.75) is 24.6 Å². The normalized spacial score (nSPS) is 10.5. The summed E-state index contributed by atoms with van der Waals surface area (Å²) in [5.74, 6) is -0.240. The molecule has 1 aromatic carbocycles. The number of amides is 1. The molecule has 0 aliphatic heterocycles. The first-order valence-corrected chi connectivity index (χ1v) is 9.51. The third-order valence-electron chi connectivity index (χ3n) is 2.89. The minimum absolute atomic E-state index is 0.149. The minimum atomic E-state index is -0.300. The van der Waals surface area contributed by atoms with Gasteiger partial charge in [0.2, 0.25) is 5.91 Å². The van der Waals surface area contributed by atoms with E-state index in [-0.39, 0.29) is 24.1 Å². The molecule has 5 nitrogen and oxygen atoms in total. The lowest BCUT2D eigenvalue weighted by Gasteiger charge is -2.07. The van der Waals surface area contributed by atoms with Crippen LogP contribution in [0.5, 0.6) is 0 Å². The summed E-state index contributed by atoms with van der Waals surface area (Å²) in [4.78, 5) is 27.7. The number of nitrogens with one attached hydrogen (secondary N) is 1. The van der Waals surface area contributed by atoms with Gasteiger partial charge in [0.05, 0.1) is 35.2 Å². The lowest BCUT2D eigenvalue weighted by molar-refractivity contribution is -0.142. The number of hydrogen-bond donors (Lipinski definition) is 1. The average Bonchev–Trinajstić information content (AvgIpc) is 2.96. The number of benzene rings is 1. The van der Waals surface area contributed by atoms with Crippen LogP contribution in [0.3, 0.4) is 0 Å². The Balaban J connectivity index is 1.83. The molecule has 0 aliphatic carbocycles. The second-order valence-corrected chi connectivity index (χ2v) is 7.39. The van der Waals surface area contributed by atoms with Gasteiger partial charge in [-0.3, -0.25) is 9.59 Å². The van der Waals surface area contributed by atoms with Crippen LogP contribution in [0.15, 0.2) is 27.9 Å². The Morgan fingerprint density at radius 1 is 1.42 bits per heavy atom. The number of aromatic nitrogens is 1. The Hall–Kier alpha value is -1.57. The number of ether oxygens (including phenoxy) is 1. The van der Waals surface area contributed by atoms with Crippen molar-refractivity contribution in [3.63, 3.8) is 0 Å². The highest BCUT2D eigenvalue weighted by molar-refractivity contribution is 8.01. The molecule has 0 unspecified atom stereocenters. The van der Waals surface area contributed by atoms with Crippen LogP contribution in [0.4, 0.5) is 5.69 Å². The van der Waals surface area contributed by atoms with Gasteiger partial charge in [-0.05, 0) is 31.5 Å². The number of esters is 1. The first-order valence-electron chi connectivity index (χ1n) is 7.26. The number of halogens is 1. The van der Waals surface area contributed by atoms with Crippen LogP contribution in [-0.2, 0) is 20.7 Å². The number of carbonyl (C=O) groups is 2. The minimum Gasteiger partial charge on any atom is -0.466 e. The van der Waals surface area contributed by atoms with Crippen molar-refractivity contribution in [2.24, 2.45) is 0 Å². The smallest absolute Gasteiger partial charge is 0.311 e. The van der Waals surface area contributed by atoms with Gasteiger partial charge in [0, 0.05) is 5.38 Å². The predicted octanol–water partition coefficient (Wildman–Crippen LogP) is 3.94. The van der Waals surface area contributed by atoms with Gasteiger partial charge < -0.3 is 10.1 Å². The van der Waals surface area contributed by atoms with Crippen LogP contribution in [0.1, 0.15) is 18.2 Å². The molecule has 2 rings (SSSR count). The molecule has 0 radical (unpaired) electrons. The maximum absolute atomic E-state index is 12.0. The van der Waals surface area contributed by atoms with Crippen LogP contribution in [0.2, 0.25) is 5.02 Å². The number of hydrogen-bond acceptors (Lipinski definition) is 6. The third-order valence-corrected chi connectivity index (χ3v) is 5.27. The van der Waals surface area contributed by atoms with Crippen molar-refractivity contribution in [1.29, 1.82) is 0 Å². The number of rotatable bonds is 7. The highest BCUT2D eigenvalue weighted by atomic mass is 35.5. The summed E-state index contributed by atoms with van der Waals surface area (Å²) < 4.78 is 5.62. The zero-order valence-electron chi connectivity index (χ0n) is 13.3. The van der Waals surface area contributed by atoms with Crippen LogP contribution in [0, 0.1) is 6.92 Å². The van der Waals surface area contributed by atoms with E-state index in [1.807, 2.05) is 13.0 Å². The third kappa shape index (κ3) is 5.81. The molecule has 8 heteroatoms. The molecule has 1 aromatic heterocycles. The Morgan fingerprint density at radius 3 is 2.92 bits per heavy atom. The predicted molar refractivity (Wildman–Crippen MR) is 98.0 cm³/mol. The van der Waals surface area contributed by atoms with E-state index in [1.54, 1.807) is 24.4 Å². The Morgan fingerprint density at radius 2 is 2.21 bits per heavy atom. The van der Waals surface area contributed by atoms with E-state index >= 15 is 0 Å². The molecule has 0 atom stereocenters. The quantitative estimate of drug-likeness (QED) is 0.578. The molecule has 0 spiro atoms. The zero-order chi connectivity index (χ0) is 17.5. The second-order valence-electron chi connectivity index (χ2n) is 4.91. The molecule has 0 saturated heterocycles. The lowest BCUT2D eigenvalue weighted by Crippen LogP contribution is -2.14. The molecule has 1 N–H and O–H groups in total. The summed E-state index contributed by atoms with van der Waals surface area (Å²) in [6, 6.07) is 5.46. The van der Waals surface area contributed by atoms with Gasteiger partial charge in [0.25, 0.3) is 0 Å². The summed E-state index contributed by atoms with van der Waals surface area (Å²) >= 11 is 8.81. The summed E-state index contributed by atoms with van der Waals surface area (Å²) in [5, 5.41) is 5.09. The van der Waals surface area contributed by atoms with Crippen molar-refractivity contribution in [1.82, 2.24) is 4.98 Å². The fourth-order valence-corrected chi connectivity index (χ4v) is 3.76. The highest BCUT2D eigenvalue weighted by Crippen LogP contribution is 2.25. The van der Waals surface area contributed by atoms with E-state index in [1.165, 1.54) is 23.1 Å². The van der Waals surface area contributed by atoms with Crippen LogP contribution in [0.25, 0.3) is 0 Å². The maximum atomic E-state index is 12.0. The summed E-state index contributed by atoms with van der Waals surface area (Å²) in [7, 11) is 0. The Bertz CT molecular complexity index is 734. The van der Waals surface area contributed by atoms with Gasteiger partial charge in [-0.1, -0.05) is 29.4 Å². The Labute approximate surface area is 153 Å². The van der Waals surface area contributed by atoms with Gasteiger partial charge in [-0.15, -0.1) is 11.3 Å². The van der Waals surface area contributed by atoms with Gasteiger partial charge in [0.1, 0.15) is 0 Å². The van der Waals surface area contributed by atoms with E-state index < -0.39 is 0 Å². The number of carbonyl (C=O) groups excluding carboxylic acids is 2. The summed E-state index contributed by atoms with van der Waals surface area (Å²) in [6.45, 7) is 4.05. The number of thioether (sulfide) groups is 1. The standard InChI is InChI=1S/C16H17ClN2O3S2/c1-3-22-15(21)7-11-8-23-16(18-11)24-9-14(20)19-13-5-4-10(2)6-12(13)17/h4-6,8H,3,7,9H2,1-2H3,(H,19,20). The van der Waals surface area contributed by atoms with Crippen LogP contribution in [-0.4, -0.2) is 29.2 Å². The fourth-order valence-electron chi connectivity index (χ4n) is 1.83. The number of thiazole rings is 1. The van der Waals surface area contributed by atoms with Gasteiger partial charge in [-0.2, -0.15) is 0 Å². The fraction of sp³-hybridized carbons (Fsp3) is 0.312.